The summed E-state index contributed by atoms with van der Waals surface area (Å²) in [5, 5.41) is 0. The number of aromatic nitrogens is 4. The minimum atomic E-state index is 0.352. The first-order valence-corrected chi connectivity index (χ1v) is 5.29. The van der Waals surface area contributed by atoms with Crippen molar-refractivity contribution in [2.45, 2.75) is 39.7 Å². The van der Waals surface area contributed by atoms with Crippen LogP contribution >= 0.6 is 0 Å². The van der Waals surface area contributed by atoms with Gasteiger partial charge in [-0.05, 0) is 13.8 Å². The van der Waals surface area contributed by atoms with Crippen LogP contribution in [0, 0.1) is 0 Å². The summed E-state index contributed by atoms with van der Waals surface area (Å²) in [4.78, 5) is 13.1. The van der Waals surface area contributed by atoms with Gasteiger partial charge >= 0.3 is 0 Å². The molecule has 0 N–H and O–H groups in total. The van der Waals surface area contributed by atoms with E-state index in [1.807, 2.05) is 6.33 Å². The van der Waals surface area contributed by atoms with Crippen molar-refractivity contribution < 1.29 is 0 Å². The van der Waals surface area contributed by atoms with E-state index in [0.29, 0.717) is 12.0 Å². The lowest BCUT2D eigenvalue weighted by atomic mass is 10.2. The molecule has 15 heavy (non-hydrogen) atoms. The molecule has 0 fully saturated rings. The van der Waals surface area contributed by atoms with Gasteiger partial charge in [-0.15, -0.1) is 0 Å². The molecule has 0 aliphatic rings. The molecule has 0 radical (unpaired) electrons. The second kappa shape index (κ2) is 3.61. The summed E-state index contributed by atoms with van der Waals surface area (Å²) in [5.41, 5.74) is 1.80. The molecular formula is C11H16N4. The fraction of sp³-hybridized carbons (Fsp3) is 0.545. The molecule has 0 spiro atoms. The maximum absolute atomic E-state index is 4.55. The molecular weight excluding hydrogens is 188 g/mol. The fourth-order valence-electron chi connectivity index (χ4n) is 1.50. The third-order valence-electron chi connectivity index (χ3n) is 2.41. The summed E-state index contributed by atoms with van der Waals surface area (Å²) in [6.07, 6.45) is 3.63. The van der Waals surface area contributed by atoms with E-state index >= 15 is 0 Å². The fourth-order valence-corrected chi connectivity index (χ4v) is 1.50. The highest BCUT2D eigenvalue weighted by Gasteiger charge is 2.10. The van der Waals surface area contributed by atoms with Crippen molar-refractivity contribution in [1.29, 1.82) is 0 Å². The maximum Gasteiger partial charge on any atom is 0.163 e. The zero-order valence-electron chi connectivity index (χ0n) is 9.60. The van der Waals surface area contributed by atoms with Crippen molar-refractivity contribution in [3.8, 4) is 0 Å². The third-order valence-corrected chi connectivity index (χ3v) is 2.41. The van der Waals surface area contributed by atoms with Crippen LogP contribution in [0.4, 0.5) is 0 Å². The topological polar surface area (TPSA) is 43.6 Å². The zero-order valence-corrected chi connectivity index (χ0v) is 9.60. The molecule has 0 unspecified atom stereocenters. The van der Waals surface area contributed by atoms with Crippen LogP contribution < -0.4 is 0 Å². The number of fused-ring (bicyclic) bond motifs is 1. The molecule has 80 valence electrons. The van der Waals surface area contributed by atoms with Crippen LogP contribution in [0.3, 0.4) is 0 Å². The van der Waals surface area contributed by atoms with E-state index in [1.54, 1.807) is 6.20 Å². The molecule has 0 aliphatic heterocycles. The monoisotopic (exact) mass is 204 g/mol. The standard InChI is InChI=1S/C11H16N4/c1-7(2)10-12-5-9-11(14-10)15(6-13-9)8(3)4/h5-8H,1-4H3. The summed E-state index contributed by atoms with van der Waals surface area (Å²) in [6.45, 7) is 8.44. The Balaban J connectivity index is 2.61. The predicted molar refractivity (Wildman–Crippen MR) is 59.8 cm³/mol. The van der Waals surface area contributed by atoms with Gasteiger partial charge in [0.25, 0.3) is 0 Å². The number of hydrogen-bond donors (Lipinski definition) is 0. The zero-order chi connectivity index (χ0) is 11.0. The lowest BCUT2D eigenvalue weighted by molar-refractivity contribution is 0.610. The van der Waals surface area contributed by atoms with Crippen molar-refractivity contribution in [2.24, 2.45) is 0 Å². The van der Waals surface area contributed by atoms with Gasteiger partial charge in [0.1, 0.15) is 11.3 Å². The first kappa shape index (κ1) is 10.1. The molecule has 0 amide bonds. The van der Waals surface area contributed by atoms with Gasteiger partial charge in [0, 0.05) is 12.0 Å². The summed E-state index contributed by atoms with van der Waals surface area (Å²) in [7, 11) is 0. The van der Waals surface area contributed by atoms with Crippen LogP contribution in [-0.2, 0) is 0 Å². The Morgan fingerprint density at radius 3 is 2.47 bits per heavy atom. The average molecular weight is 204 g/mol. The molecule has 0 bridgehead atoms. The number of hydrogen-bond acceptors (Lipinski definition) is 3. The summed E-state index contributed by atoms with van der Waals surface area (Å²) in [5.74, 6) is 1.23. The van der Waals surface area contributed by atoms with Gasteiger partial charge in [0.2, 0.25) is 0 Å². The van der Waals surface area contributed by atoms with E-state index in [-0.39, 0.29) is 0 Å². The minimum absolute atomic E-state index is 0.352. The number of rotatable bonds is 2. The van der Waals surface area contributed by atoms with Gasteiger partial charge in [-0.3, -0.25) is 0 Å². The van der Waals surface area contributed by atoms with Crippen LogP contribution in [0.15, 0.2) is 12.5 Å². The van der Waals surface area contributed by atoms with Crippen LogP contribution in [0.5, 0.6) is 0 Å². The Kier molecular flexibility index (Phi) is 2.42. The predicted octanol–water partition coefficient (Wildman–Crippen LogP) is 2.53. The van der Waals surface area contributed by atoms with Gasteiger partial charge in [-0.2, -0.15) is 0 Å². The Morgan fingerprint density at radius 1 is 1.13 bits per heavy atom. The van der Waals surface area contributed by atoms with Gasteiger partial charge in [-0.25, -0.2) is 15.0 Å². The molecule has 0 saturated carbocycles. The molecule has 0 aliphatic carbocycles. The molecule has 2 aromatic heterocycles. The summed E-state index contributed by atoms with van der Waals surface area (Å²) >= 11 is 0. The van der Waals surface area contributed by atoms with Gasteiger partial charge in [0.05, 0.1) is 12.5 Å². The lowest BCUT2D eigenvalue weighted by Gasteiger charge is -2.08. The average Bonchev–Trinajstić information content (AvgIpc) is 2.59. The Labute approximate surface area is 89.4 Å². The Bertz CT molecular complexity index is 470. The number of nitrogens with zero attached hydrogens (tertiary/aromatic N) is 4. The minimum Gasteiger partial charge on any atom is -0.313 e. The highest BCUT2D eigenvalue weighted by atomic mass is 15.1. The normalized spacial score (nSPS) is 11.9. The highest BCUT2D eigenvalue weighted by molar-refractivity contribution is 5.69. The van der Waals surface area contributed by atoms with Crippen molar-refractivity contribution in [1.82, 2.24) is 19.5 Å². The largest absolute Gasteiger partial charge is 0.313 e. The van der Waals surface area contributed by atoms with E-state index in [4.69, 9.17) is 0 Å². The molecule has 0 saturated heterocycles. The van der Waals surface area contributed by atoms with Crippen LogP contribution in [0.1, 0.15) is 45.5 Å². The lowest BCUT2D eigenvalue weighted by Crippen LogP contribution is -2.03. The highest BCUT2D eigenvalue weighted by Crippen LogP contribution is 2.17. The molecule has 0 aromatic carbocycles. The quantitative estimate of drug-likeness (QED) is 0.755. The summed E-state index contributed by atoms with van der Waals surface area (Å²) < 4.78 is 2.07. The van der Waals surface area contributed by atoms with Crippen LogP contribution in [0.25, 0.3) is 11.2 Å². The third kappa shape index (κ3) is 1.71. The van der Waals surface area contributed by atoms with Crippen LogP contribution in [-0.4, -0.2) is 19.5 Å². The first-order chi connectivity index (χ1) is 7.09. The van der Waals surface area contributed by atoms with Gasteiger partial charge < -0.3 is 4.57 Å². The second-order valence-corrected chi connectivity index (χ2v) is 4.34. The van der Waals surface area contributed by atoms with Crippen LogP contribution in [0.2, 0.25) is 0 Å². The smallest absolute Gasteiger partial charge is 0.163 e. The van der Waals surface area contributed by atoms with Crippen molar-refractivity contribution in [2.75, 3.05) is 0 Å². The molecule has 4 heteroatoms. The first-order valence-electron chi connectivity index (χ1n) is 5.29. The van der Waals surface area contributed by atoms with E-state index < -0.39 is 0 Å². The van der Waals surface area contributed by atoms with Gasteiger partial charge in [-0.1, -0.05) is 13.8 Å². The van der Waals surface area contributed by atoms with E-state index in [9.17, 15) is 0 Å². The van der Waals surface area contributed by atoms with E-state index in [0.717, 1.165) is 17.0 Å². The van der Waals surface area contributed by atoms with Crippen molar-refractivity contribution in [3.05, 3.63) is 18.3 Å². The van der Waals surface area contributed by atoms with Crippen molar-refractivity contribution >= 4 is 11.2 Å². The maximum atomic E-state index is 4.55. The number of imidazole rings is 1. The summed E-state index contributed by atoms with van der Waals surface area (Å²) in [6, 6.07) is 0.380. The van der Waals surface area contributed by atoms with Crippen molar-refractivity contribution in [3.63, 3.8) is 0 Å². The van der Waals surface area contributed by atoms with E-state index in [2.05, 4.69) is 47.2 Å². The molecule has 4 nitrogen and oxygen atoms in total. The van der Waals surface area contributed by atoms with E-state index in [1.165, 1.54) is 0 Å². The van der Waals surface area contributed by atoms with Gasteiger partial charge in [0.15, 0.2) is 5.65 Å². The Hall–Kier alpha value is -1.45. The molecule has 0 atom stereocenters. The molecule has 2 rings (SSSR count). The Morgan fingerprint density at radius 2 is 1.87 bits per heavy atom. The SMILES string of the molecule is CC(C)c1ncc2ncn(C(C)C)c2n1. The molecule has 2 heterocycles. The second-order valence-electron chi connectivity index (χ2n) is 4.34. The molecule has 2 aromatic rings.